The van der Waals surface area contributed by atoms with E-state index in [0.29, 0.717) is 18.3 Å². The summed E-state index contributed by atoms with van der Waals surface area (Å²) in [6.45, 7) is 15.2. The average Bonchev–Trinajstić information content (AvgIpc) is 2.78. The van der Waals surface area contributed by atoms with Gasteiger partial charge in [-0.15, -0.1) is 24.0 Å². The first-order chi connectivity index (χ1) is 9.28. The second-order valence-corrected chi connectivity index (χ2v) is 6.43. The Balaban J connectivity index is 0.00000220. The minimum Gasteiger partial charge on any atom is -0.356 e. The summed E-state index contributed by atoms with van der Waals surface area (Å²) in [6.07, 6.45) is 0. The number of rotatable bonds is 3. The molecule has 1 aromatic heterocycles. The van der Waals surface area contributed by atoms with Gasteiger partial charge in [0.05, 0.1) is 0 Å². The highest BCUT2D eigenvalue weighted by atomic mass is 127. The zero-order valence-corrected chi connectivity index (χ0v) is 16.1. The van der Waals surface area contributed by atoms with Crippen molar-refractivity contribution < 1.29 is 4.52 Å². The summed E-state index contributed by atoms with van der Waals surface area (Å²) >= 11 is 0. The molecule has 0 unspecified atom stereocenters. The number of hydrogen-bond acceptors (Lipinski definition) is 4. The number of aliphatic imine (C=N–C) groups is 1. The molecule has 7 heteroatoms. The van der Waals surface area contributed by atoms with Crippen LogP contribution in [0.4, 0.5) is 0 Å². The number of guanidine groups is 1. The predicted molar refractivity (Wildman–Crippen MR) is 93.8 cm³/mol. The third-order valence-corrected chi connectivity index (χ3v) is 4.41. The van der Waals surface area contributed by atoms with Crippen molar-refractivity contribution in [1.82, 2.24) is 20.4 Å². The van der Waals surface area contributed by atoms with Crippen molar-refractivity contribution in [3.05, 3.63) is 11.7 Å². The number of nitrogens with one attached hydrogen (secondary N) is 1. The van der Waals surface area contributed by atoms with Crippen LogP contribution in [-0.4, -0.2) is 39.6 Å². The Morgan fingerprint density at radius 1 is 1.38 bits per heavy atom. The molecule has 0 radical (unpaired) electrons. The van der Waals surface area contributed by atoms with E-state index in [2.05, 4.69) is 60.0 Å². The summed E-state index contributed by atoms with van der Waals surface area (Å²) in [5.41, 5.74) is 0.364. The second kappa shape index (κ2) is 6.50. The van der Waals surface area contributed by atoms with Crippen molar-refractivity contribution in [1.29, 1.82) is 0 Å². The number of aryl methyl sites for hydroxylation is 1. The Kier molecular flexibility index (Phi) is 5.63. The van der Waals surface area contributed by atoms with Gasteiger partial charge in [0.25, 0.3) is 0 Å². The van der Waals surface area contributed by atoms with Gasteiger partial charge in [-0.1, -0.05) is 19.0 Å². The van der Waals surface area contributed by atoms with Gasteiger partial charge in [0, 0.05) is 24.0 Å². The SMILES string of the molecule is CCNC(=NCc1nc(C)no1)N1CC(C)(C)C1(C)C.I. The maximum Gasteiger partial charge on any atom is 0.248 e. The summed E-state index contributed by atoms with van der Waals surface area (Å²) in [6, 6.07) is 0. The first-order valence-electron chi connectivity index (χ1n) is 7.13. The summed E-state index contributed by atoms with van der Waals surface area (Å²) in [7, 11) is 0. The van der Waals surface area contributed by atoms with E-state index in [1.807, 2.05) is 6.92 Å². The molecule has 1 N–H and O–H groups in total. The Morgan fingerprint density at radius 3 is 2.48 bits per heavy atom. The lowest BCUT2D eigenvalue weighted by Crippen LogP contribution is -2.72. The van der Waals surface area contributed by atoms with E-state index >= 15 is 0 Å². The molecule has 2 rings (SSSR count). The fraction of sp³-hybridized carbons (Fsp3) is 0.786. The molecule has 0 aromatic carbocycles. The molecule has 0 aliphatic carbocycles. The van der Waals surface area contributed by atoms with E-state index < -0.39 is 0 Å². The molecular formula is C14H26IN5O. The van der Waals surface area contributed by atoms with Gasteiger partial charge in [0.2, 0.25) is 5.89 Å². The Morgan fingerprint density at radius 2 is 2.05 bits per heavy atom. The standard InChI is InChI=1S/C14H25N5O.HI/c1-7-15-12(16-8-11-17-10(2)18-20-11)19-9-13(3,4)14(19,5)6;/h7-9H2,1-6H3,(H,15,16);1H. The number of likely N-dealkylation sites (tertiary alicyclic amines) is 1. The highest BCUT2D eigenvalue weighted by molar-refractivity contribution is 14.0. The molecule has 0 bridgehead atoms. The monoisotopic (exact) mass is 407 g/mol. The van der Waals surface area contributed by atoms with Gasteiger partial charge in [-0.25, -0.2) is 4.99 Å². The lowest BCUT2D eigenvalue weighted by Gasteiger charge is -2.62. The maximum absolute atomic E-state index is 5.10. The lowest BCUT2D eigenvalue weighted by molar-refractivity contribution is -0.0668. The smallest absolute Gasteiger partial charge is 0.248 e. The summed E-state index contributed by atoms with van der Waals surface area (Å²) in [5.74, 6) is 2.11. The molecule has 1 fully saturated rings. The van der Waals surface area contributed by atoms with Gasteiger partial charge in [-0.05, 0) is 27.7 Å². The fourth-order valence-electron chi connectivity index (χ4n) is 2.34. The van der Waals surface area contributed by atoms with E-state index in [-0.39, 0.29) is 34.9 Å². The zero-order valence-electron chi connectivity index (χ0n) is 13.7. The minimum atomic E-state index is 0. The van der Waals surface area contributed by atoms with E-state index in [1.165, 1.54) is 0 Å². The van der Waals surface area contributed by atoms with E-state index in [0.717, 1.165) is 19.0 Å². The van der Waals surface area contributed by atoms with Gasteiger partial charge in [-0.2, -0.15) is 4.98 Å². The molecule has 0 atom stereocenters. The van der Waals surface area contributed by atoms with Crippen molar-refractivity contribution in [3.8, 4) is 0 Å². The second-order valence-electron chi connectivity index (χ2n) is 6.43. The van der Waals surface area contributed by atoms with Crippen molar-refractivity contribution in [2.75, 3.05) is 13.1 Å². The summed E-state index contributed by atoms with van der Waals surface area (Å²) < 4.78 is 5.10. The molecule has 6 nitrogen and oxygen atoms in total. The van der Waals surface area contributed by atoms with Crippen LogP contribution in [0.1, 0.15) is 46.3 Å². The summed E-state index contributed by atoms with van der Waals surface area (Å²) in [4.78, 5) is 11.1. The lowest BCUT2D eigenvalue weighted by atomic mass is 9.65. The van der Waals surface area contributed by atoms with Crippen molar-refractivity contribution in [2.24, 2.45) is 10.4 Å². The van der Waals surface area contributed by atoms with Crippen LogP contribution in [0.3, 0.4) is 0 Å². The van der Waals surface area contributed by atoms with Crippen LogP contribution in [0.2, 0.25) is 0 Å². The van der Waals surface area contributed by atoms with Crippen molar-refractivity contribution in [3.63, 3.8) is 0 Å². The Hall–Kier alpha value is -0.860. The van der Waals surface area contributed by atoms with Crippen LogP contribution in [-0.2, 0) is 6.54 Å². The molecule has 1 aromatic rings. The molecule has 0 spiro atoms. The number of aromatic nitrogens is 2. The highest BCUT2D eigenvalue weighted by Crippen LogP contribution is 2.46. The maximum atomic E-state index is 5.10. The van der Waals surface area contributed by atoms with Gasteiger partial charge in [0.15, 0.2) is 11.8 Å². The topological polar surface area (TPSA) is 66.5 Å². The molecule has 120 valence electrons. The van der Waals surface area contributed by atoms with Gasteiger partial charge in [-0.3, -0.25) is 0 Å². The Labute approximate surface area is 143 Å². The number of nitrogens with zero attached hydrogens (tertiary/aromatic N) is 4. The molecule has 1 saturated heterocycles. The minimum absolute atomic E-state index is 0. The average molecular weight is 407 g/mol. The van der Waals surface area contributed by atoms with Crippen LogP contribution in [0.5, 0.6) is 0 Å². The predicted octanol–water partition coefficient (Wildman–Crippen LogP) is 2.58. The van der Waals surface area contributed by atoms with Crippen LogP contribution < -0.4 is 5.32 Å². The van der Waals surface area contributed by atoms with Crippen LogP contribution in [0.25, 0.3) is 0 Å². The van der Waals surface area contributed by atoms with E-state index in [9.17, 15) is 0 Å². The van der Waals surface area contributed by atoms with Crippen LogP contribution >= 0.6 is 24.0 Å². The third kappa shape index (κ3) is 3.49. The van der Waals surface area contributed by atoms with Crippen molar-refractivity contribution >= 4 is 29.9 Å². The normalized spacial score (nSPS) is 19.7. The van der Waals surface area contributed by atoms with Crippen LogP contribution in [0, 0.1) is 12.3 Å². The van der Waals surface area contributed by atoms with Crippen LogP contribution in [0.15, 0.2) is 9.52 Å². The molecule has 1 aliphatic rings. The molecular weight excluding hydrogens is 381 g/mol. The zero-order chi connectivity index (χ0) is 15.0. The Bertz CT molecular complexity index is 509. The molecule has 1 aliphatic heterocycles. The third-order valence-electron chi connectivity index (χ3n) is 4.41. The molecule has 0 saturated carbocycles. The highest BCUT2D eigenvalue weighted by Gasteiger charge is 2.53. The van der Waals surface area contributed by atoms with Gasteiger partial charge >= 0.3 is 0 Å². The van der Waals surface area contributed by atoms with Crippen molar-refractivity contribution in [2.45, 2.75) is 53.6 Å². The molecule has 21 heavy (non-hydrogen) atoms. The molecule has 2 heterocycles. The largest absolute Gasteiger partial charge is 0.356 e. The van der Waals surface area contributed by atoms with E-state index in [1.54, 1.807) is 0 Å². The first-order valence-corrected chi connectivity index (χ1v) is 7.13. The molecule has 0 amide bonds. The quantitative estimate of drug-likeness (QED) is 0.474. The van der Waals surface area contributed by atoms with Gasteiger partial charge < -0.3 is 14.7 Å². The number of hydrogen-bond donors (Lipinski definition) is 1. The first kappa shape index (κ1) is 18.2. The fourth-order valence-corrected chi connectivity index (χ4v) is 2.34. The van der Waals surface area contributed by atoms with E-state index in [4.69, 9.17) is 4.52 Å². The van der Waals surface area contributed by atoms with Gasteiger partial charge in [0.1, 0.15) is 6.54 Å². The number of halogens is 1. The summed E-state index contributed by atoms with van der Waals surface area (Å²) in [5, 5.41) is 7.12.